The predicted molar refractivity (Wildman–Crippen MR) is 65.3 cm³/mol. The van der Waals surface area contributed by atoms with E-state index in [1.807, 2.05) is 0 Å². The Morgan fingerprint density at radius 3 is 2.82 bits per heavy atom. The van der Waals surface area contributed by atoms with E-state index in [1.165, 1.54) is 13.2 Å². The summed E-state index contributed by atoms with van der Waals surface area (Å²) in [4.78, 5) is 14.3. The Hall–Kier alpha value is -1.82. The van der Waals surface area contributed by atoms with Crippen molar-refractivity contribution in [1.82, 2.24) is 4.98 Å². The number of nitrogens with zero attached hydrogens (tertiary/aromatic N) is 2. The van der Waals surface area contributed by atoms with E-state index < -0.39 is 4.92 Å². The zero-order valence-electron chi connectivity index (χ0n) is 8.81. The van der Waals surface area contributed by atoms with Gasteiger partial charge in [0, 0.05) is 11.5 Å². The van der Waals surface area contributed by atoms with Crippen LogP contribution in [0.15, 0.2) is 18.2 Å². The topological polar surface area (TPSA) is 65.3 Å². The summed E-state index contributed by atoms with van der Waals surface area (Å²) in [5.41, 5.74) is 0.294. The van der Waals surface area contributed by atoms with Gasteiger partial charge < -0.3 is 4.74 Å². The molecule has 1 heterocycles. The average molecular weight is 248 g/mol. The molecule has 0 atom stereocenters. The Morgan fingerprint density at radius 2 is 2.24 bits per heavy atom. The predicted octanol–water partition coefficient (Wildman–Crippen LogP) is 1.60. The lowest BCUT2D eigenvalue weighted by Crippen LogP contribution is -2.08. The van der Waals surface area contributed by atoms with E-state index >= 15 is 0 Å². The Labute approximate surface area is 103 Å². The number of ether oxygens (including phenoxy) is 1. The third-order valence-electron chi connectivity index (χ3n) is 2.29. The van der Waals surface area contributed by atoms with Gasteiger partial charge in [-0.05, 0) is 5.59 Å². The maximum atomic E-state index is 10.9. The summed E-state index contributed by atoms with van der Waals surface area (Å²) >= 11 is 5.95. The minimum Gasteiger partial charge on any atom is -0.489 e. The second-order valence-electron chi connectivity index (χ2n) is 3.30. The number of pyridine rings is 1. The number of halogens is 1. The van der Waals surface area contributed by atoms with Gasteiger partial charge in [-0.1, -0.05) is 23.7 Å². The Morgan fingerprint density at radius 1 is 1.53 bits per heavy atom. The molecule has 0 aliphatic rings. The van der Waals surface area contributed by atoms with E-state index in [0.717, 1.165) is 0 Å². The number of benzene rings is 1. The number of hydrogen-bond donors (Lipinski definition) is 0. The first-order chi connectivity index (χ1) is 8.04. The van der Waals surface area contributed by atoms with Crippen LogP contribution in [0.3, 0.4) is 0 Å². The minimum absolute atomic E-state index is 0.0571. The van der Waals surface area contributed by atoms with Gasteiger partial charge in [0.05, 0.1) is 17.1 Å². The number of nitro groups is 1. The normalized spacial score (nSPS) is 10.5. The minimum atomic E-state index is -0.574. The fourth-order valence-electron chi connectivity index (χ4n) is 1.56. The van der Waals surface area contributed by atoms with Crippen LogP contribution in [-0.4, -0.2) is 24.9 Å². The lowest BCUT2D eigenvalue weighted by Gasteiger charge is -2.07. The number of fused-ring (bicyclic) bond motifs is 1. The molecule has 0 N–H and O–H groups in total. The molecule has 0 amide bonds. The van der Waals surface area contributed by atoms with Crippen molar-refractivity contribution in [1.29, 1.82) is 0 Å². The molecule has 1 aromatic carbocycles. The summed E-state index contributed by atoms with van der Waals surface area (Å²) in [6.45, 7) is 0. The smallest absolute Gasteiger partial charge is 0.314 e. The molecule has 17 heavy (non-hydrogen) atoms. The molecule has 2 rings (SSSR count). The van der Waals surface area contributed by atoms with Crippen molar-refractivity contribution in [2.75, 3.05) is 7.11 Å². The maximum absolute atomic E-state index is 10.9. The van der Waals surface area contributed by atoms with Gasteiger partial charge in [-0.15, -0.1) is 0 Å². The van der Waals surface area contributed by atoms with E-state index in [1.54, 1.807) is 12.1 Å². The first-order valence-electron chi connectivity index (χ1n) is 4.61. The molecular weight excluding hydrogens is 242 g/mol. The molecule has 84 valence electrons. The van der Waals surface area contributed by atoms with Crippen LogP contribution in [0, 0.1) is 10.1 Å². The van der Waals surface area contributed by atoms with Gasteiger partial charge in [0.1, 0.15) is 13.4 Å². The Kier molecular flexibility index (Phi) is 2.89. The summed E-state index contributed by atoms with van der Waals surface area (Å²) in [6, 6.07) is 4.45. The van der Waals surface area contributed by atoms with Gasteiger partial charge in [-0.3, -0.25) is 15.1 Å². The molecular formula is C10H6BClN2O3. The van der Waals surface area contributed by atoms with E-state index in [0.29, 0.717) is 5.39 Å². The molecule has 0 spiro atoms. The highest BCUT2D eigenvalue weighted by atomic mass is 35.5. The molecule has 0 saturated heterocycles. The van der Waals surface area contributed by atoms with Crippen molar-refractivity contribution in [3.8, 4) is 5.75 Å². The second-order valence-corrected chi connectivity index (χ2v) is 3.71. The molecule has 0 fully saturated rings. The highest BCUT2D eigenvalue weighted by Gasteiger charge is 2.21. The summed E-state index contributed by atoms with van der Waals surface area (Å²) in [5.74, 6) is 0.0571. The maximum Gasteiger partial charge on any atom is 0.314 e. The van der Waals surface area contributed by atoms with Crippen LogP contribution in [0.4, 0.5) is 5.69 Å². The van der Waals surface area contributed by atoms with Crippen molar-refractivity contribution in [3.05, 3.63) is 33.3 Å². The van der Waals surface area contributed by atoms with Gasteiger partial charge in [0.25, 0.3) is 0 Å². The van der Waals surface area contributed by atoms with Gasteiger partial charge in [-0.25, -0.2) is 0 Å². The standard InChI is InChI=1S/C10H6BClN2O3/c1-17-10-7(14(15)16)4-6(12)5-2-3-8(11)13-9(5)10/h2-4H,1H3. The second kappa shape index (κ2) is 4.22. The van der Waals surface area contributed by atoms with Crippen molar-refractivity contribution in [3.63, 3.8) is 0 Å². The Bertz CT molecular complexity index is 618. The molecule has 0 bridgehead atoms. The third-order valence-corrected chi connectivity index (χ3v) is 2.60. The fourth-order valence-corrected chi connectivity index (χ4v) is 1.82. The molecule has 0 aliphatic heterocycles. The molecule has 0 saturated carbocycles. The highest BCUT2D eigenvalue weighted by molar-refractivity contribution is 6.36. The third kappa shape index (κ3) is 1.91. The molecule has 0 aliphatic carbocycles. The first-order valence-corrected chi connectivity index (χ1v) is 4.99. The summed E-state index contributed by atoms with van der Waals surface area (Å²) < 4.78 is 5.01. The molecule has 7 heteroatoms. The molecule has 2 radical (unpaired) electrons. The molecule has 1 aromatic heterocycles. The zero-order valence-corrected chi connectivity index (χ0v) is 9.56. The molecule has 5 nitrogen and oxygen atoms in total. The van der Waals surface area contributed by atoms with Crippen molar-refractivity contribution in [2.45, 2.75) is 0 Å². The van der Waals surface area contributed by atoms with Crippen LogP contribution in [0.1, 0.15) is 0 Å². The average Bonchev–Trinajstić information content (AvgIpc) is 2.28. The lowest BCUT2D eigenvalue weighted by atomic mass is 10.0. The zero-order chi connectivity index (χ0) is 12.6. The van der Waals surface area contributed by atoms with Crippen LogP contribution >= 0.6 is 11.6 Å². The first kappa shape index (κ1) is 11.7. The monoisotopic (exact) mass is 248 g/mol. The summed E-state index contributed by atoms with van der Waals surface area (Å²) in [6.07, 6.45) is 0. The number of methoxy groups -OCH3 is 1. The van der Waals surface area contributed by atoms with E-state index in [9.17, 15) is 10.1 Å². The van der Waals surface area contributed by atoms with Crippen LogP contribution in [0.5, 0.6) is 5.75 Å². The van der Waals surface area contributed by atoms with Gasteiger partial charge in [0.2, 0.25) is 5.75 Å². The quantitative estimate of drug-likeness (QED) is 0.460. The summed E-state index contributed by atoms with van der Waals surface area (Å²) in [5, 5.41) is 11.7. The highest BCUT2D eigenvalue weighted by Crippen LogP contribution is 2.37. The summed E-state index contributed by atoms with van der Waals surface area (Å²) in [7, 11) is 6.88. The Balaban J connectivity index is 2.92. The van der Waals surface area contributed by atoms with E-state index in [4.69, 9.17) is 24.2 Å². The largest absolute Gasteiger partial charge is 0.489 e. The van der Waals surface area contributed by atoms with E-state index in [-0.39, 0.29) is 27.6 Å². The number of nitro benzene ring substituents is 1. The number of hydrogen-bond acceptors (Lipinski definition) is 4. The van der Waals surface area contributed by atoms with Crippen molar-refractivity contribution < 1.29 is 9.66 Å². The van der Waals surface area contributed by atoms with Crippen molar-refractivity contribution in [2.24, 2.45) is 0 Å². The molecule has 0 unspecified atom stereocenters. The molecule has 2 aromatic rings. The fraction of sp³-hybridized carbons (Fsp3) is 0.100. The van der Waals surface area contributed by atoms with Crippen molar-refractivity contribution >= 4 is 41.6 Å². The van der Waals surface area contributed by atoms with Crippen LogP contribution in [-0.2, 0) is 0 Å². The lowest BCUT2D eigenvalue weighted by molar-refractivity contribution is -0.385. The number of rotatable bonds is 2. The van der Waals surface area contributed by atoms with Gasteiger partial charge in [0.15, 0.2) is 0 Å². The van der Waals surface area contributed by atoms with Crippen LogP contribution in [0.2, 0.25) is 5.02 Å². The van der Waals surface area contributed by atoms with Gasteiger partial charge in [-0.2, -0.15) is 0 Å². The van der Waals surface area contributed by atoms with E-state index in [2.05, 4.69) is 4.98 Å². The number of aromatic nitrogens is 1. The van der Waals surface area contributed by atoms with Crippen LogP contribution < -0.4 is 10.3 Å². The SMILES string of the molecule is [B]c1ccc2c(Cl)cc([N+](=O)[O-])c(OC)c2n1. The van der Waals surface area contributed by atoms with Crippen LogP contribution in [0.25, 0.3) is 10.9 Å². The van der Waals surface area contributed by atoms with Gasteiger partial charge >= 0.3 is 5.69 Å².